The predicted octanol–water partition coefficient (Wildman–Crippen LogP) is 1.20. The van der Waals surface area contributed by atoms with Crippen molar-refractivity contribution in [2.75, 3.05) is 31.5 Å². The number of aromatic nitrogens is 1. The van der Waals surface area contributed by atoms with Crippen molar-refractivity contribution in [1.29, 1.82) is 0 Å². The highest BCUT2D eigenvalue weighted by Crippen LogP contribution is 2.30. The fourth-order valence-electron chi connectivity index (χ4n) is 4.22. The van der Waals surface area contributed by atoms with E-state index in [2.05, 4.69) is 22.5 Å². The number of hydrogen-bond acceptors (Lipinski definition) is 5. The third kappa shape index (κ3) is 3.68. The minimum atomic E-state index is -0.702. The first-order valence-corrected chi connectivity index (χ1v) is 10.1. The number of carbonyl (C=O) groups is 3. The van der Waals surface area contributed by atoms with Gasteiger partial charge in [0.25, 0.3) is 5.91 Å². The molecule has 28 heavy (non-hydrogen) atoms. The molecule has 2 fully saturated rings. The molecule has 4 rings (SSSR count). The van der Waals surface area contributed by atoms with Crippen LogP contribution in [0.3, 0.4) is 0 Å². The fraction of sp³-hybridized carbons (Fsp3) is 0.600. The summed E-state index contributed by atoms with van der Waals surface area (Å²) in [4.78, 5) is 45.6. The number of hydrogen-bond donors (Lipinski definition) is 2. The van der Waals surface area contributed by atoms with Crippen LogP contribution in [0.1, 0.15) is 49.4 Å². The highest BCUT2D eigenvalue weighted by molar-refractivity contribution is 6.01. The molecular formula is C20H27N5O3. The number of nitrogens with one attached hydrogen (secondary N) is 2. The van der Waals surface area contributed by atoms with Crippen molar-refractivity contribution < 1.29 is 14.4 Å². The highest BCUT2D eigenvalue weighted by Gasteiger charge is 2.41. The lowest BCUT2D eigenvalue weighted by Crippen LogP contribution is -2.58. The van der Waals surface area contributed by atoms with Crippen LogP contribution in [0, 0.1) is 5.92 Å². The second kappa shape index (κ2) is 7.41. The van der Waals surface area contributed by atoms with Crippen LogP contribution in [0.25, 0.3) is 0 Å². The molecular weight excluding hydrogens is 358 g/mol. The molecule has 1 aromatic rings. The normalized spacial score (nSPS) is 25.8. The van der Waals surface area contributed by atoms with E-state index >= 15 is 0 Å². The average Bonchev–Trinajstić information content (AvgIpc) is 2.83. The van der Waals surface area contributed by atoms with E-state index in [0.29, 0.717) is 36.7 Å². The molecule has 0 bridgehead atoms. The first-order valence-electron chi connectivity index (χ1n) is 10.1. The molecule has 0 aliphatic carbocycles. The molecule has 3 aliphatic heterocycles. The lowest BCUT2D eigenvalue weighted by atomic mass is 9.97. The maximum Gasteiger partial charge on any atom is 0.256 e. The van der Waals surface area contributed by atoms with Crippen LogP contribution in [0.2, 0.25) is 0 Å². The standard InChI is InChI=1S/C20H27N5O3/c1-14-5-10-24(11-6-14)17(27)13-25-12-8-20(7-4-16(25)26)22-18-15(19(28)23-20)3-2-9-21-18/h2-3,9,14H,4-8,10-13H2,1H3,(H,21,22)(H,23,28). The van der Waals surface area contributed by atoms with E-state index in [1.54, 1.807) is 23.2 Å². The highest BCUT2D eigenvalue weighted by atomic mass is 16.2. The molecule has 3 amide bonds. The van der Waals surface area contributed by atoms with Crippen molar-refractivity contribution >= 4 is 23.5 Å². The molecule has 1 unspecified atom stereocenters. The zero-order valence-corrected chi connectivity index (χ0v) is 16.2. The Balaban J connectivity index is 1.42. The van der Waals surface area contributed by atoms with Gasteiger partial charge in [-0.25, -0.2) is 4.98 Å². The number of carbonyl (C=O) groups excluding carboxylic acids is 3. The lowest BCUT2D eigenvalue weighted by Gasteiger charge is -2.39. The van der Waals surface area contributed by atoms with Crippen LogP contribution in [-0.4, -0.2) is 64.3 Å². The quantitative estimate of drug-likeness (QED) is 0.798. The van der Waals surface area contributed by atoms with Crippen molar-refractivity contribution in [1.82, 2.24) is 20.1 Å². The van der Waals surface area contributed by atoms with E-state index in [1.807, 2.05) is 4.90 Å². The van der Waals surface area contributed by atoms with Gasteiger partial charge in [0, 0.05) is 38.7 Å². The van der Waals surface area contributed by atoms with Gasteiger partial charge in [0.05, 0.1) is 12.1 Å². The lowest BCUT2D eigenvalue weighted by molar-refractivity contribution is -0.141. The molecule has 2 saturated heterocycles. The summed E-state index contributed by atoms with van der Waals surface area (Å²) < 4.78 is 0. The molecule has 0 radical (unpaired) electrons. The van der Waals surface area contributed by atoms with E-state index in [1.165, 1.54) is 0 Å². The Morgan fingerprint density at radius 2 is 2.00 bits per heavy atom. The summed E-state index contributed by atoms with van der Waals surface area (Å²) in [6, 6.07) is 3.45. The van der Waals surface area contributed by atoms with Gasteiger partial charge in [0.15, 0.2) is 0 Å². The van der Waals surface area contributed by atoms with Gasteiger partial charge in [-0.15, -0.1) is 0 Å². The first kappa shape index (κ1) is 18.7. The Labute approximate surface area is 164 Å². The zero-order valence-electron chi connectivity index (χ0n) is 16.2. The first-order chi connectivity index (χ1) is 13.5. The number of amides is 3. The van der Waals surface area contributed by atoms with Crippen LogP contribution in [0.4, 0.5) is 5.82 Å². The zero-order chi connectivity index (χ0) is 19.7. The van der Waals surface area contributed by atoms with Crippen molar-refractivity contribution in [3.05, 3.63) is 23.9 Å². The van der Waals surface area contributed by atoms with Crippen LogP contribution in [0.5, 0.6) is 0 Å². The van der Waals surface area contributed by atoms with Crippen LogP contribution in [-0.2, 0) is 9.59 Å². The Hall–Kier alpha value is -2.64. The molecule has 0 saturated carbocycles. The summed E-state index contributed by atoms with van der Waals surface area (Å²) in [7, 11) is 0. The largest absolute Gasteiger partial charge is 0.347 e. The Bertz CT molecular complexity index is 790. The van der Waals surface area contributed by atoms with Crippen molar-refractivity contribution in [2.45, 2.75) is 44.7 Å². The monoisotopic (exact) mass is 385 g/mol. The fourth-order valence-corrected chi connectivity index (χ4v) is 4.22. The summed E-state index contributed by atoms with van der Waals surface area (Å²) in [5, 5.41) is 6.35. The molecule has 8 heteroatoms. The Morgan fingerprint density at radius 3 is 2.79 bits per heavy atom. The van der Waals surface area contributed by atoms with Gasteiger partial charge in [-0.2, -0.15) is 0 Å². The molecule has 4 heterocycles. The van der Waals surface area contributed by atoms with E-state index in [9.17, 15) is 14.4 Å². The molecule has 2 N–H and O–H groups in total. The predicted molar refractivity (Wildman–Crippen MR) is 103 cm³/mol. The smallest absolute Gasteiger partial charge is 0.256 e. The Morgan fingerprint density at radius 1 is 1.21 bits per heavy atom. The average molecular weight is 385 g/mol. The van der Waals surface area contributed by atoms with Crippen LogP contribution < -0.4 is 10.6 Å². The van der Waals surface area contributed by atoms with E-state index < -0.39 is 5.66 Å². The van der Waals surface area contributed by atoms with Crippen molar-refractivity contribution in [2.24, 2.45) is 5.92 Å². The third-order valence-electron chi connectivity index (χ3n) is 6.15. The number of nitrogens with zero attached hydrogens (tertiary/aromatic N) is 3. The van der Waals surface area contributed by atoms with Gasteiger partial charge < -0.3 is 20.4 Å². The topological polar surface area (TPSA) is 94.6 Å². The summed E-state index contributed by atoms with van der Waals surface area (Å²) in [6.45, 7) is 4.28. The molecule has 1 spiro atoms. The summed E-state index contributed by atoms with van der Waals surface area (Å²) in [5.41, 5.74) is -0.193. The number of likely N-dealkylation sites (tertiary alicyclic amines) is 2. The molecule has 8 nitrogen and oxygen atoms in total. The van der Waals surface area contributed by atoms with Gasteiger partial charge in [0.1, 0.15) is 11.5 Å². The van der Waals surface area contributed by atoms with Gasteiger partial charge in [-0.1, -0.05) is 6.92 Å². The minimum absolute atomic E-state index is 0.0175. The number of pyridine rings is 1. The Kier molecular flexibility index (Phi) is 4.95. The van der Waals surface area contributed by atoms with Gasteiger partial charge >= 0.3 is 0 Å². The van der Waals surface area contributed by atoms with Gasteiger partial charge in [-0.3, -0.25) is 14.4 Å². The SMILES string of the molecule is CC1CCN(C(=O)CN2CCC3(CCC2=O)NC(=O)c2cccnc2N3)CC1. The molecule has 1 aromatic heterocycles. The van der Waals surface area contributed by atoms with E-state index in [-0.39, 0.29) is 30.7 Å². The molecule has 1 atom stereocenters. The minimum Gasteiger partial charge on any atom is -0.347 e. The second-order valence-corrected chi connectivity index (χ2v) is 8.19. The summed E-state index contributed by atoms with van der Waals surface area (Å²) in [6.07, 6.45) is 4.96. The molecule has 3 aliphatic rings. The van der Waals surface area contributed by atoms with Crippen molar-refractivity contribution in [3.8, 4) is 0 Å². The van der Waals surface area contributed by atoms with E-state index in [4.69, 9.17) is 0 Å². The summed E-state index contributed by atoms with van der Waals surface area (Å²) in [5.74, 6) is 0.996. The summed E-state index contributed by atoms with van der Waals surface area (Å²) >= 11 is 0. The van der Waals surface area contributed by atoms with Crippen LogP contribution >= 0.6 is 0 Å². The molecule has 0 aromatic carbocycles. The maximum atomic E-state index is 12.7. The second-order valence-electron chi connectivity index (χ2n) is 8.19. The van der Waals surface area contributed by atoms with Crippen LogP contribution in [0.15, 0.2) is 18.3 Å². The number of rotatable bonds is 2. The molecule has 150 valence electrons. The number of anilines is 1. The van der Waals surface area contributed by atoms with Crippen molar-refractivity contribution in [3.63, 3.8) is 0 Å². The number of fused-ring (bicyclic) bond motifs is 1. The van der Waals surface area contributed by atoms with Gasteiger partial charge in [0.2, 0.25) is 11.8 Å². The van der Waals surface area contributed by atoms with E-state index in [0.717, 1.165) is 25.9 Å². The maximum absolute atomic E-state index is 12.7. The van der Waals surface area contributed by atoms with Gasteiger partial charge in [-0.05, 0) is 37.3 Å². The third-order valence-corrected chi connectivity index (χ3v) is 6.15. The number of piperidine rings is 1.